The molecule has 0 saturated carbocycles. The molecule has 0 aliphatic carbocycles. The molecule has 2 heterocycles. The summed E-state index contributed by atoms with van der Waals surface area (Å²) in [7, 11) is 0. The lowest BCUT2D eigenvalue weighted by atomic mass is 9.84. The number of carbonyl (C=O) groups excluding carboxylic acids is 1. The second-order valence-electron chi connectivity index (χ2n) is 7.89. The molecule has 0 aromatic heterocycles. The summed E-state index contributed by atoms with van der Waals surface area (Å²) >= 11 is 0. The minimum absolute atomic E-state index is 0.124. The summed E-state index contributed by atoms with van der Waals surface area (Å²) in [5.41, 5.74) is 2.88. The van der Waals surface area contributed by atoms with Crippen molar-refractivity contribution in [1.29, 1.82) is 0 Å². The molecule has 4 nitrogen and oxygen atoms in total. The molecule has 1 N–H and O–H groups in total. The van der Waals surface area contributed by atoms with Gasteiger partial charge in [-0.1, -0.05) is 54.6 Å². The highest BCUT2D eigenvalue weighted by Crippen LogP contribution is 2.33. The molecule has 27 heavy (non-hydrogen) atoms. The van der Waals surface area contributed by atoms with Gasteiger partial charge in [0.2, 0.25) is 5.91 Å². The topological polar surface area (TPSA) is 43.8 Å². The third-order valence-electron chi connectivity index (χ3n) is 6.28. The number of piperidine rings is 1. The van der Waals surface area contributed by atoms with Crippen molar-refractivity contribution in [2.24, 2.45) is 0 Å². The van der Waals surface area contributed by atoms with Gasteiger partial charge in [-0.05, 0) is 42.9 Å². The van der Waals surface area contributed by atoms with E-state index >= 15 is 0 Å². The van der Waals surface area contributed by atoms with E-state index in [1.807, 2.05) is 42.2 Å². The lowest BCUT2D eigenvalue weighted by molar-refractivity contribution is -0.141. The number of hydrogen-bond acceptors (Lipinski definition) is 3. The lowest BCUT2D eigenvalue weighted by Gasteiger charge is -2.41. The summed E-state index contributed by atoms with van der Waals surface area (Å²) in [6, 6.07) is 18.2. The van der Waals surface area contributed by atoms with Gasteiger partial charge in [-0.25, -0.2) is 0 Å². The molecule has 2 aliphatic rings. The highest BCUT2D eigenvalue weighted by Gasteiger charge is 2.37. The minimum atomic E-state index is -0.814. The highest BCUT2D eigenvalue weighted by molar-refractivity contribution is 5.81. The maximum Gasteiger partial charge on any atom is 0.239 e. The van der Waals surface area contributed by atoms with Gasteiger partial charge in [0.25, 0.3) is 0 Å². The molecule has 1 atom stereocenters. The SMILES string of the molecule is CC(C(=O)N1CCC(O)(c2ccccc2)CC1)N1CCc2ccccc2C1. The number of aliphatic hydroxyl groups is 1. The molecule has 4 heteroatoms. The smallest absolute Gasteiger partial charge is 0.239 e. The molecule has 2 aromatic carbocycles. The predicted octanol–water partition coefficient (Wildman–Crippen LogP) is 2.94. The molecule has 1 amide bonds. The van der Waals surface area contributed by atoms with Crippen molar-refractivity contribution in [3.8, 4) is 0 Å². The van der Waals surface area contributed by atoms with Gasteiger partial charge in [-0.3, -0.25) is 9.69 Å². The first kappa shape index (κ1) is 18.2. The standard InChI is InChI=1S/C23H28N2O2/c1-18(25-14-11-19-7-5-6-8-20(19)17-25)22(26)24-15-12-23(27,13-16-24)21-9-3-2-4-10-21/h2-10,18,27H,11-17H2,1H3. The van der Waals surface area contributed by atoms with Crippen molar-refractivity contribution in [2.45, 2.75) is 44.4 Å². The van der Waals surface area contributed by atoms with Crippen molar-refractivity contribution in [3.63, 3.8) is 0 Å². The van der Waals surface area contributed by atoms with Gasteiger partial charge in [0, 0.05) is 26.2 Å². The maximum absolute atomic E-state index is 13.1. The first-order valence-electron chi connectivity index (χ1n) is 9.94. The number of carbonyl (C=O) groups is 1. The van der Waals surface area contributed by atoms with Crippen LogP contribution in [-0.4, -0.2) is 46.5 Å². The largest absolute Gasteiger partial charge is 0.385 e. The van der Waals surface area contributed by atoms with Crippen LogP contribution in [0, 0.1) is 0 Å². The number of rotatable bonds is 3. The van der Waals surface area contributed by atoms with Crippen LogP contribution in [-0.2, 0) is 23.4 Å². The Labute approximate surface area is 161 Å². The van der Waals surface area contributed by atoms with E-state index in [1.165, 1.54) is 11.1 Å². The zero-order chi connectivity index (χ0) is 18.9. The second kappa shape index (κ2) is 7.45. The molecule has 0 bridgehead atoms. The highest BCUT2D eigenvalue weighted by atomic mass is 16.3. The average Bonchev–Trinajstić information content (AvgIpc) is 2.73. The van der Waals surface area contributed by atoms with E-state index in [-0.39, 0.29) is 11.9 Å². The van der Waals surface area contributed by atoms with Crippen molar-refractivity contribution in [2.75, 3.05) is 19.6 Å². The average molecular weight is 364 g/mol. The van der Waals surface area contributed by atoms with Crippen LogP contribution >= 0.6 is 0 Å². The van der Waals surface area contributed by atoms with E-state index in [1.54, 1.807) is 0 Å². The third-order valence-corrected chi connectivity index (χ3v) is 6.28. The normalized spacial score (nSPS) is 20.7. The van der Waals surface area contributed by atoms with Crippen LogP contribution in [0.4, 0.5) is 0 Å². The van der Waals surface area contributed by atoms with E-state index in [4.69, 9.17) is 0 Å². The Morgan fingerprint density at radius 3 is 2.30 bits per heavy atom. The Kier molecular flexibility index (Phi) is 5.02. The minimum Gasteiger partial charge on any atom is -0.385 e. The number of nitrogens with zero attached hydrogens (tertiary/aromatic N) is 2. The summed E-state index contributed by atoms with van der Waals surface area (Å²) in [4.78, 5) is 17.3. The summed E-state index contributed by atoms with van der Waals surface area (Å²) in [5, 5.41) is 11.0. The van der Waals surface area contributed by atoms with Gasteiger partial charge in [0.15, 0.2) is 0 Å². The molecule has 4 rings (SSSR count). The fourth-order valence-corrected chi connectivity index (χ4v) is 4.40. The van der Waals surface area contributed by atoms with Crippen LogP contribution in [0.25, 0.3) is 0 Å². The summed E-state index contributed by atoms with van der Waals surface area (Å²) in [5.74, 6) is 0.185. The fraction of sp³-hybridized carbons (Fsp3) is 0.435. The first-order valence-corrected chi connectivity index (χ1v) is 9.94. The van der Waals surface area contributed by atoms with Crippen LogP contribution in [0.3, 0.4) is 0 Å². The van der Waals surface area contributed by atoms with Crippen LogP contribution < -0.4 is 0 Å². The predicted molar refractivity (Wildman–Crippen MR) is 106 cm³/mol. The monoisotopic (exact) mass is 364 g/mol. The number of likely N-dealkylation sites (tertiary alicyclic amines) is 1. The van der Waals surface area contributed by atoms with Crippen LogP contribution in [0.15, 0.2) is 54.6 Å². The van der Waals surface area contributed by atoms with Gasteiger partial charge in [0.05, 0.1) is 11.6 Å². The van der Waals surface area contributed by atoms with E-state index in [0.717, 1.165) is 25.1 Å². The van der Waals surface area contributed by atoms with Crippen molar-refractivity contribution >= 4 is 5.91 Å². The molecule has 2 aromatic rings. The summed E-state index contributed by atoms with van der Waals surface area (Å²) in [6.45, 7) is 5.00. The zero-order valence-electron chi connectivity index (χ0n) is 16.0. The molecule has 0 radical (unpaired) electrons. The van der Waals surface area contributed by atoms with Crippen LogP contribution in [0.2, 0.25) is 0 Å². The number of fused-ring (bicyclic) bond motifs is 1. The molecule has 1 fully saturated rings. The molecule has 2 aliphatic heterocycles. The van der Waals surface area contributed by atoms with Gasteiger partial charge in [-0.15, -0.1) is 0 Å². The third kappa shape index (κ3) is 3.64. The maximum atomic E-state index is 13.1. The van der Waals surface area contributed by atoms with Crippen LogP contribution in [0.5, 0.6) is 0 Å². The molecule has 1 saturated heterocycles. The Morgan fingerprint density at radius 1 is 0.963 bits per heavy atom. The van der Waals surface area contributed by atoms with Crippen molar-refractivity contribution < 1.29 is 9.90 Å². The van der Waals surface area contributed by atoms with Crippen molar-refractivity contribution in [3.05, 3.63) is 71.3 Å². The Morgan fingerprint density at radius 2 is 1.59 bits per heavy atom. The number of amides is 1. The zero-order valence-corrected chi connectivity index (χ0v) is 16.0. The Hall–Kier alpha value is -2.17. The summed E-state index contributed by atoms with van der Waals surface area (Å²) in [6.07, 6.45) is 2.19. The lowest BCUT2D eigenvalue weighted by Crippen LogP contribution is -2.52. The quantitative estimate of drug-likeness (QED) is 0.911. The van der Waals surface area contributed by atoms with E-state index in [0.29, 0.717) is 25.9 Å². The molecular formula is C23H28N2O2. The van der Waals surface area contributed by atoms with Gasteiger partial charge in [-0.2, -0.15) is 0 Å². The van der Waals surface area contributed by atoms with Gasteiger partial charge in [0.1, 0.15) is 0 Å². The van der Waals surface area contributed by atoms with E-state index in [9.17, 15) is 9.90 Å². The number of hydrogen-bond donors (Lipinski definition) is 1. The van der Waals surface area contributed by atoms with Gasteiger partial charge < -0.3 is 10.0 Å². The number of benzene rings is 2. The van der Waals surface area contributed by atoms with E-state index < -0.39 is 5.60 Å². The van der Waals surface area contributed by atoms with E-state index in [2.05, 4.69) is 29.2 Å². The molecular weight excluding hydrogens is 336 g/mol. The molecule has 0 spiro atoms. The Balaban J connectivity index is 1.38. The van der Waals surface area contributed by atoms with Crippen molar-refractivity contribution in [1.82, 2.24) is 9.80 Å². The summed E-state index contributed by atoms with van der Waals surface area (Å²) < 4.78 is 0. The fourth-order valence-electron chi connectivity index (χ4n) is 4.40. The Bertz CT molecular complexity index is 797. The van der Waals surface area contributed by atoms with Gasteiger partial charge >= 0.3 is 0 Å². The molecule has 142 valence electrons. The van der Waals surface area contributed by atoms with Crippen LogP contribution in [0.1, 0.15) is 36.5 Å². The second-order valence-corrected chi connectivity index (χ2v) is 7.89. The molecule has 1 unspecified atom stereocenters. The first-order chi connectivity index (χ1) is 13.1.